The molecule has 0 radical (unpaired) electrons. The van der Waals surface area contributed by atoms with E-state index >= 15 is 0 Å². The SMILES string of the molecule is CCOCCOC(=O)C1CCN(S(=O)(=O)c2c(C)noc2C)CC1. The van der Waals surface area contributed by atoms with Crippen molar-refractivity contribution in [3.63, 3.8) is 0 Å². The third-order valence-electron chi connectivity index (χ3n) is 4.03. The van der Waals surface area contributed by atoms with Crippen LogP contribution in [0.2, 0.25) is 0 Å². The molecule has 2 heterocycles. The summed E-state index contributed by atoms with van der Waals surface area (Å²) in [4.78, 5) is 12.1. The summed E-state index contributed by atoms with van der Waals surface area (Å²) in [5.74, 6) is -0.281. The van der Waals surface area contributed by atoms with Crippen LogP contribution in [0.15, 0.2) is 9.42 Å². The predicted octanol–water partition coefficient (Wildman–Crippen LogP) is 1.27. The Morgan fingerprint density at radius 1 is 1.29 bits per heavy atom. The minimum absolute atomic E-state index is 0.125. The van der Waals surface area contributed by atoms with Gasteiger partial charge in [0.15, 0.2) is 5.76 Å². The molecule has 1 fully saturated rings. The number of hydrogen-bond donors (Lipinski definition) is 0. The molecule has 8 nitrogen and oxygen atoms in total. The summed E-state index contributed by atoms with van der Waals surface area (Å²) in [5, 5.41) is 3.70. The average molecular weight is 360 g/mol. The largest absolute Gasteiger partial charge is 0.463 e. The summed E-state index contributed by atoms with van der Waals surface area (Å²) in [6.07, 6.45) is 0.881. The number of sulfonamides is 1. The summed E-state index contributed by atoms with van der Waals surface area (Å²) in [6.45, 7) is 6.79. The molecule has 0 N–H and O–H groups in total. The van der Waals surface area contributed by atoms with Crippen LogP contribution in [0, 0.1) is 19.8 Å². The van der Waals surface area contributed by atoms with E-state index in [1.54, 1.807) is 13.8 Å². The monoisotopic (exact) mass is 360 g/mol. The normalized spacial score (nSPS) is 17.1. The smallest absolute Gasteiger partial charge is 0.309 e. The molecule has 0 aromatic carbocycles. The standard InChI is InChI=1S/C15H24N2O6S/c1-4-21-9-10-22-15(18)13-5-7-17(8-6-13)24(19,20)14-11(2)16-23-12(14)3/h13H,4-10H2,1-3H3. The lowest BCUT2D eigenvalue weighted by molar-refractivity contribution is -0.151. The zero-order valence-electron chi connectivity index (χ0n) is 14.3. The molecular weight excluding hydrogens is 336 g/mol. The molecule has 1 aromatic heterocycles. The van der Waals surface area contributed by atoms with Crippen LogP contribution in [0.4, 0.5) is 0 Å². The highest BCUT2D eigenvalue weighted by molar-refractivity contribution is 7.89. The van der Waals surface area contributed by atoms with E-state index in [1.165, 1.54) is 4.31 Å². The fraction of sp³-hybridized carbons (Fsp3) is 0.733. The van der Waals surface area contributed by atoms with Gasteiger partial charge in [-0.25, -0.2) is 8.42 Å². The molecule has 0 saturated carbocycles. The highest BCUT2D eigenvalue weighted by Gasteiger charge is 2.35. The molecule has 0 atom stereocenters. The molecule has 9 heteroatoms. The maximum atomic E-state index is 12.7. The molecule has 24 heavy (non-hydrogen) atoms. The molecule has 1 aliphatic heterocycles. The zero-order chi connectivity index (χ0) is 17.7. The van der Waals surface area contributed by atoms with Gasteiger partial charge in [-0.15, -0.1) is 0 Å². The number of rotatable bonds is 7. The molecule has 0 aliphatic carbocycles. The molecular formula is C15H24N2O6S. The third kappa shape index (κ3) is 4.14. The van der Waals surface area contributed by atoms with E-state index in [2.05, 4.69) is 5.16 Å². The number of carbonyl (C=O) groups is 1. The van der Waals surface area contributed by atoms with Crippen molar-refractivity contribution < 1.29 is 27.2 Å². The molecule has 136 valence electrons. The Morgan fingerprint density at radius 3 is 2.50 bits per heavy atom. The van der Waals surface area contributed by atoms with E-state index in [9.17, 15) is 13.2 Å². The molecule has 2 rings (SSSR count). The second kappa shape index (κ2) is 8.09. The first kappa shape index (κ1) is 18.9. The van der Waals surface area contributed by atoms with E-state index in [-0.39, 0.29) is 42.2 Å². The van der Waals surface area contributed by atoms with Crippen molar-refractivity contribution in [2.45, 2.75) is 38.5 Å². The summed E-state index contributed by atoms with van der Waals surface area (Å²) in [5.41, 5.74) is 0.352. The van der Waals surface area contributed by atoms with E-state index in [0.717, 1.165) is 0 Å². The predicted molar refractivity (Wildman–Crippen MR) is 84.9 cm³/mol. The van der Waals surface area contributed by atoms with Gasteiger partial charge in [-0.3, -0.25) is 4.79 Å². The molecule has 0 spiro atoms. The van der Waals surface area contributed by atoms with Gasteiger partial charge in [0.1, 0.15) is 17.2 Å². The van der Waals surface area contributed by atoms with Gasteiger partial charge >= 0.3 is 5.97 Å². The number of carbonyl (C=O) groups excluding carboxylic acids is 1. The van der Waals surface area contributed by atoms with Gasteiger partial charge in [-0.05, 0) is 33.6 Å². The molecule has 0 unspecified atom stereocenters. The van der Waals surface area contributed by atoms with E-state index in [4.69, 9.17) is 14.0 Å². The summed E-state index contributed by atoms with van der Waals surface area (Å²) in [7, 11) is -3.65. The van der Waals surface area contributed by atoms with Gasteiger partial charge in [0.05, 0.1) is 12.5 Å². The Hall–Kier alpha value is -1.45. The van der Waals surface area contributed by atoms with Crippen molar-refractivity contribution in [2.24, 2.45) is 5.92 Å². The lowest BCUT2D eigenvalue weighted by atomic mass is 9.98. The summed E-state index contributed by atoms with van der Waals surface area (Å²) in [6, 6.07) is 0. The van der Waals surface area contributed by atoms with Crippen LogP contribution < -0.4 is 0 Å². The fourth-order valence-electron chi connectivity index (χ4n) is 2.77. The number of aromatic nitrogens is 1. The Balaban J connectivity index is 1.92. The first-order valence-corrected chi connectivity index (χ1v) is 9.49. The summed E-state index contributed by atoms with van der Waals surface area (Å²) < 4.78 is 42.0. The van der Waals surface area contributed by atoms with Gasteiger partial charge in [-0.1, -0.05) is 5.16 Å². The quantitative estimate of drug-likeness (QED) is 0.533. The van der Waals surface area contributed by atoms with Crippen LogP contribution in [0.1, 0.15) is 31.2 Å². The maximum absolute atomic E-state index is 12.7. The van der Waals surface area contributed by atoms with Crippen LogP contribution in [0.25, 0.3) is 0 Å². The molecule has 0 amide bonds. The minimum Gasteiger partial charge on any atom is -0.463 e. The van der Waals surface area contributed by atoms with Crippen molar-refractivity contribution in [3.05, 3.63) is 11.5 Å². The molecule has 1 saturated heterocycles. The van der Waals surface area contributed by atoms with Gasteiger partial charge in [0.25, 0.3) is 0 Å². The van der Waals surface area contributed by atoms with Gasteiger partial charge < -0.3 is 14.0 Å². The fourth-order valence-corrected chi connectivity index (χ4v) is 4.53. The van der Waals surface area contributed by atoms with Crippen LogP contribution >= 0.6 is 0 Å². The van der Waals surface area contributed by atoms with Crippen LogP contribution in [0.5, 0.6) is 0 Å². The Kier molecular flexibility index (Phi) is 6.36. The zero-order valence-corrected chi connectivity index (χ0v) is 15.1. The summed E-state index contributed by atoms with van der Waals surface area (Å²) >= 11 is 0. The first-order valence-electron chi connectivity index (χ1n) is 8.05. The maximum Gasteiger partial charge on any atom is 0.309 e. The van der Waals surface area contributed by atoms with Crippen molar-refractivity contribution in [2.75, 3.05) is 32.9 Å². The van der Waals surface area contributed by atoms with Gasteiger partial charge in [0, 0.05) is 19.7 Å². The molecule has 1 aromatic rings. The first-order chi connectivity index (χ1) is 11.4. The Morgan fingerprint density at radius 2 is 1.96 bits per heavy atom. The van der Waals surface area contributed by atoms with Crippen LogP contribution in [-0.4, -0.2) is 56.8 Å². The third-order valence-corrected chi connectivity index (χ3v) is 6.17. The van der Waals surface area contributed by atoms with Crippen molar-refractivity contribution in [1.82, 2.24) is 9.46 Å². The van der Waals surface area contributed by atoms with Crippen molar-refractivity contribution in [3.8, 4) is 0 Å². The number of esters is 1. The second-order valence-electron chi connectivity index (χ2n) is 5.70. The van der Waals surface area contributed by atoms with E-state index < -0.39 is 10.0 Å². The molecule has 1 aliphatic rings. The average Bonchev–Trinajstić information content (AvgIpc) is 2.91. The number of nitrogens with zero attached hydrogens (tertiary/aromatic N) is 2. The highest BCUT2D eigenvalue weighted by Crippen LogP contribution is 2.28. The van der Waals surface area contributed by atoms with Gasteiger partial charge in [-0.2, -0.15) is 4.31 Å². The van der Waals surface area contributed by atoms with Crippen LogP contribution in [-0.2, 0) is 24.3 Å². The van der Waals surface area contributed by atoms with Crippen molar-refractivity contribution in [1.29, 1.82) is 0 Å². The number of hydrogen-bond acceptors (Lipinski definition) is 7. The Bertz CT molecular complexity index is 642. The Labute approximate surface area is 142 Å². The minimum atomic E-state index is -3.65. The van der Waals surface area contributed by atoms with Crippen LogP contribution in [0.3, 0.4) is 0 Å². The number of piperidine rings is 1. The lowest BCUT2D eigenvalue weighted by Gasteiger charge is -2.29. The lowest BCUT2D eigenvalue weighted by Crippen LogP contribution is -2.41. The van der Waals surface area contributed by atoms with Crippen molar-refractivity contribution >= 4 is 16.0 Å². The van der Waals surface area contributed by atoms with Gasteiger partial charge in [0.2, 0.25) is 10.0 Å². The highest BCUT2D eigenvalue weighted by atomic mass is 32.2. The topological polar surface area (TPSA) is 98.9 Å². The second-order valence-corrected chi connectivity index (χ2v) is 7.57. The number of aryl methyl sites for hydroxylation is 2. The molecule has 0 bridgehead atoms. The number of ether oxygens (including phenoxy) is 2. The van der Waals surface area contributed by atoms with E-state index in [0.29, 0.717) is 31.7 Å². The van der Waals surface area contributed by atoms with E-state index in [1.807, 2.05) is 6.92 Å².